The first-order chi connectivity index (χ1) is 17.0. The number of amides is 1. The van der Waals surface area contributed by atoms with E-state index in [9.17, 15) is 14.7 Å². The Kier molecular flexibility index (Phi) is 8.05. The fourth-order valence-electron chi connectivity index (χ4n) is 4.42. The Morgan fingerprint density at radius 2 is 1.80 bits per heavy atom. The molecule has 0 radical (unpaired) electrons. The first-order valence-corrected chi connectivity index (χ1v) is 12.0. The van der Waals surface area contributed by atoms with Gasteiger partial charge in [0.15, 0.2) is 0 Å². The van der Waals surface area contributed by atoms with Gasteiger partial charge in [-0.3, -0.25) is 14.5 Å². The van der Waals surface area contributed by atoms with Crippen molar-refractivity contribution < 1.29 is 28.9 Å². The summed E-state index contributed by atoms with van der Waals surface area (Å²) in [4.78, 5) is 30.2. The number of carbonyl (C=O) groups is 2. The minimum absolute atomic E-state index is 0.0763. The summed E-state index contributed by atoms with van der Waals surface area (Å²) in [7, 11) is 1.53. The van der Waals surface area contributed by atoms with E-state index in [1.807, 2.05) is 31.2 Å². The highest BCUT2D eigenvalue weighted by molar-refractivity contribution is 6.46. The van der Waals surface area contributed by atoms with Gasteiger partial charge in [-0.15, -0.1) is 0 Å². The normalized spacial score (nSPS) is 20.3. The molecule has 2 aromatic carbocycles. The van der Waals surface area contributed by atoms with Crippen molar-refractivity contribution in [2.75, 3.05) is 53.1 Å². The van der Waals surface area contributed by atoms with E-state index in [1.165, 1.54) is 7.11 Å². The van der Waals surface area contributed by atoms with Crippen molar-refractivity contribution in [1.29, 1.82) is 0 Å². The van der Waals surface area contributed by atoms with Gasteiger partial charge in [-0.05, 0) is 36.2 Å². The van der Waals surface area contributed by atoms with Crippen molar-refractivity contribution in [3.05, 3.63) is 65.2 Å². The Hall–Kier alpha value is -3.36. The molecule has 4 rings (SSSR count). The lowest BCUT2D eigenvalue weighted by molar-refractivity contribution is -0.140. The van der Waals surface area contributed by atoms with Gasteiger partial charge < -0.3 is 24.2 Å². The molecule has 35 heavy (non-hydrogen) atoms. The van der Waals surface area contributed by atoms with E-state index in [0.717, 1.165) is 25.1 Å². The highest BCUT2D eigenvalue weighted by atomic mass is 16.5. The summed E-state index contributed by atoms with van der Waals surface area (Å²) in [6, 6.07) is 13.5. The fourth-order valence-corrected chi connectivity index (χ4v) is 4.42. The van der Waals surface area contributed by atoms with Crippen LogP contribution in [0.3, 0.4) is 0 Å². The first kappa shape index (κ1) is 24.8. The number of hydrogen-bond donors (Lipinski definition) is 1. The van der Waals surface area contributed by atoms with Gasteiger partial charge in [-0.2, -0.15) is 0 Å². The van der Waals surface area contributed by atoms with Gasteiger partial charge in [0, 0.05) is 31.7 Å². The first-order valence-electron chi connectivity index (χ1n) is 12.0. The molecule has 0 spiro atoms. The molecule has 1 unspecified atom stereocenters. The molecule has 8 heteroatoms. The molecule has 2 aliphatic heterocycles. The lowest BCUT2D eigenvalue weighted by atomic mass is 9.95. The second-order valence-electron chi connectivity index (χ2n) is 8.60. The molecule has 186 valence electrons. The maximum Gasteiger partial charge on any atom is 0.295 e. The van der Waals surface area contributed by atoms with Crippen LogP contribution in [0, 0.1) is 0 Å². The number of ether oxygens (including phenoxy) is 3. The fraction of sp³-hybridized carbons (Fsp3) is 0.407. The Balaban J connectivity index is 1.71. The topological polar surface area (TPSA) is 88.5 Å². The Morgan fingerprint density at radius 3 is 2.49 bits per heavy atom. The highest BCUT2D eigenvalue weighted by Crippen LogP contribution is 2.40. The van der Waals surface area contributed by atoms with Gasteiger partial charge in [-0.1, -0.05) is 31.2 Å². The van der Waals surface area contributed by atoms with Crippen LogP contribution in [0.5, 0.6) is 11.5 Å². The number of ketones is 1. The SMILES string of the molecule is CCCOc1ccc(C2/C(=C(\O)c3cccc(OC)c3)C(=O)C(=O)N2CCN2CCOCC2)cc1. The summed E-state index contributed by atoms with van der Waals surface area (Å²) in [6.07, 6.45) is 0.893. The van der Waals surface area contributed by atoms with E-state index in [1.54, 1.807) is 29.2 Å². The Labute approximate surface area is 205 Å². The molecule has 0 bridgehead atoms. The van der Waals surface area contributed by atoms with Gasteiger partial charge in [0.05, 0.1) is 38.5 Å². The van der Waals surface area contributed by atoms with E-state index >= 15 is 0 Å². The third-order valence-electron chi connectivity index (χ3n) is 6.31. The Bertz CT molecular complexity index is 1080. The predicted octanol–water partition coefficient (Wildman–Crippen LogP) is 3.24. The molecule has 0 saturated carbocycles. The third kappa shape index (κ3) is 5.49. The number of morpholine rings is 1. The van der Waals surface area contributed by atoms with E-state index in [4.69, 9.17) is 14.2 Å². The summed E-state index contributed by atoms with van der Waals surface area (Å²) < 4.78 is 16.4. The van der Waals surface area contributed by atoms with Gasteiger partial charge >= 0.3 is 0 Å². The number of hydrogen-bond acceptors (Lipinski definition) is 7. The second kappa shape index (κ2) is 11.4. The minimum atomic E-state index is -0.706. The van der Waals surface area contributed by atoms with Crippen LogP contribution >= 0.6 is 0 Å². The third-order valence-corrected chi connectivity index (χ3v) is 6.31. The van der Waals surface area contributed by atoms with Crippen LogP contribution in [0.4, 0.5) is 0 Å². The molecule has 0 aromatic heterocycles. The van der Waals surface area contributed by atoms with Crippen LogP contribution in [-0.4, -0.2) is 79.7 Å². The quantitative estimate of drug-likeness (QED) is 0.335. The standard InChI is InChI=1S/C27H32N2O6/c1-3-15-35-21-9-7-19(8-10-21)24-23(25(30)20-5-4-6-22(18-20)33-2)26(31)27(32)29(24)12-11-28-13-16-34-17-14-28/h4-10,18,24,30H,3,11-17H2,1-2H3/b25-23+. The van der Waals surface area contributed by atoms with E-state index in [0.29, 0.717) is 50.0 Å². The van der Waals surface area contributed by atoms with Crippen molar-refractivity contribution >= 4 is 17.4 Å². The lowest BCUT2D eigenvalue weighted by Crippen LogP contribution is -2.42. The zero-order valence-electron chi connectivity index (χ0n) is 20.2. The van der Waals surface area contributed by atoms with Crippen molar-refractivity contribution in [2.45, 2.75) is 19.4 Å². The van der Waals surface area contributed by atoms with Gasteiger partial charge in [0.2, 0.25) is 0 Å². The molecular formula is C27H32N2O6. The number of aliphatic hydroxyl groups excluding tert-OH is 1. The molecule has 2 saturated heterocycles. The van der Waals surface area contributed by atoms with Crippen LogP contribution in [-0.2, 0) is 14.3 Å². The number of benzene rings is 2. The molecule has 1 atom stereocenters. The zero-order valence-corrected chi connectivity index (χ0v) is 20.2. The van der Waals surface area contributed by atoms with E-state index < -0.39 is 17.7 Å². The van der Waals surface area contributed by atoms with Crippen LogP contribution in [0.25, 0.3) is 5.76 Å². The predicted molar refractivity (Wildman–Crippen MR) is 131 cm³/mol. The Morgan fingerprint density at radius 1 is 1.06 bits per heavy atom. The van der Waals surface area contributed by atoms with Crippen LogP contribution < -0.4 is 9.47 Å². The molecule has 2 aliphatic rings. The number of methoxy groups -OCH3 is 1. The smallest absolute Gasteiger partial charge is 0.295 e. The lowest BCUT2D eigenvalue weighted by Gasteiger charge is -2.31. The monoisotopic (exact) mass is 480 g/mol. The van der Waals surface area contributed by atoms with E-state index in [2.05, 4.69) is 4.90 Å². The van der Waals surface area contributed by atoms with Gasteiger partial charge in [0.25, 0.3) is 11.7 Å². The average molecular weight is 481 g/mol. The van der Waals surface area contributed by atoms with Crippen molar-refractivity contribution in [3.8, 4) is 11.5 Å². The number of aliphatic hydroxyl groups is 1. The molecule has 2 fully saturated rings. The zero-order chi connectivity index (χ0) is 24.8. The number of Topliss-reactive ketones (excluding diaryl/α,β-unsaturated/α-hetero) is 1. The van der Waals surface area contributed by atoms with Crippen molar-refractivity contribution in [1.82, 2.24) is 9.80 Å². The number of carbonyl (C=O) groups excluding carboxylic acids is 2. The highest BCUT2D eigenvalue weighted by Gasteiger charge is 2.46. The minimum Gasteiger partial charge on any atom is -0.507 e. The van der Waals surface area contributed by atoms with Crippen LogP contribution in [0.15, 0.2) is 54.1 Å². The van der Waals surface area contributed by atoms with Crippen LogP contribution in [0.2, 0.25) is 0 Å². The summed E-state index contributed by atoms with van der Waals surface area (Å²) in [5.74, 6) is -0.256. The summed E-state index contributed by atoms with van der Waals surface area (Å²) >= 11 is 0. The maximum absolute atomic E-state index is 13.2. The molecule has 8 nitrogen and oxygen atoms in total. The molecule has 2 heterocycles. The van der Waals surface area contributed by atoms with Gasteiger partial charge in [0.1, 0.15) is 17.3 Å². The summed E-state index contributed by atoms with van der Waals surface area (Å²) in [6.45, 7) is 6.47. The second-order valence-corrected chi connectivity index (χ2v) is 8.60. The number of likely N-dealkylation sites (tertiary alicyclic amines) is 1. The number of nitrogens with zero attached hydrogens (tertiary/aromatic N) is 2. The van der Waals surface area contributed by atoms with Crippen molar-refractivity contribution in [2.24, 2.45) is 0 Å². The number of rotatable bonds is 9. The largest absolute Gasteiger partial charge is 0.507 e. The summed E-state index contributed by atoms with van der Waals surface area (Å²) in [5.41, 5.74) is 1.23. The maximum atomic E-state index is 13.2. The van der Waals surface area contributed by atoms with Crippen molar-refractivity contribution in [3.63, 3.8) is 0 Å². The van der Waals surface area contributed by atoms with E-state index in [-0.39, 0.29) is 11.3 Å². The van der Waals surface area contributed by atoms with Gasteiger partial charge in [-0.25, -0.2) is 0 Å². The molecule has 2 aromatic rings. The molecule has 1 amide bonds. The summed E-state index contributed by atoms with van der Waals surface area (Å²) in [5, 5.41) is 11.2. The van der Waals surface area contributed by atoms with Crippen LogP contribution in [0.1, 0.15) is 30.5 Å². The average Bonchev–Trinajstić information content (AvgIpc) is 3.16. The molecule has 1 N–H and O–H groups in total. The molecule has 0 aliphatic carbocycles. The molecular weight excluding hydrogens is 448 g/mol.